The Hall–Kier alpha value is -0.470. The van der Waals surface area contributed by atoms with Gasteiger partial charge < -0.3 is 5.32 Å². The van der Waals surface area contributed by atoms with Crippen molar-refractivity contribution in [3.8, 4) is 0 Å². The van der Waals surface area contributed by atoms with Crippen LogP contribution < -0.4 is 5.32 Å². The van der Waals surface area contributed by atoms with Gasteiger partial charge in [-0.05, 0) is 43.1 Å². The molecule has 1 nitrogen and oxygen atoms in total. The van der Waals surface area contributed by atoms with Crippen LogP contribution in [0.3, 0.4) is 0 Å². The standard InChI is InChI=1S/C16H25NS/c1-4-12(2)11-13(3)17-15-9-10-18-16-8-6-5-7-14(15)16/h5-8,12-13,15,17H,4,9-11H2,1-3H3. The van der Waals surface area contributed by atoms with Crippen LogP contribution in [-0.2, 0) is 0 Å². The summed E-state index contributed by atoms with van der Waals surface area (Å²) < 4.78 is 0. The molecule has 0 saturated carbocycles. The van der Waals surface area contributed by atoms with E-state index in [0.717, 1.165) is 5.92 Å². The summed E-state index contributed by atoms with van der Waals surface area (Å²) in [4.78, 5) is 1.47. The van der Waals surface area contributed by atoms with Gasteiger partial charge in [-0.15, -0.1) is 11.8 Å². The lowest BCUT2D eigenvalue weighted by Crippen LogP contribution is -2.33. The molecular weight excluding hydrogens is 238 g/mol. The maximum atomic E-state index is 3.83. The zero-order valence-electron chi connectivity index (χ0n) is 11.8. The molecule has 18 heavy (non-hydrogen) atoms. The van der Waals surface area contributed by atoms with E-state index in [-0.39, 0.29) is 0 Å². The zero-order chi connectivity index (χ0) is 13.0. The molecule has 0 spiro atoms. The van der Waals surface area contributed by atoms with Crippen LogP contribution in [0, 0.1) is 5.92 Å². The highest BCUT2D eigenvalue weighted by Gasteiger charge is 2.21. The molecule has 0 amide bonds. The smallest absolute Gasteiger partial charge is 0.0341 e. The molecule has 0 bridgehead atoms. The van der Waals surface area contributed by atoms with Crippen LogP contribution in [-0.4, -0.2) is 11.8 Å². The molecule has 0 radical (unpaired) electrons. The minimum absolute atomic E-state index is 0.557. The van der Waals surface area contributed by atoms with Crippen molar-refractivity contribution in [3.05, 3.63) is 29.8 Å². The van der Waals surface area contributed by atoms with E-state index in [2.05, 4.69) is 50.4 Å². The first-order chi connectivity index (χ1) is 8.70. The van der Waals surface area contributed by atoms with Crippen LogP contribution in [0.1, 0.15) is 51.6 Å². The average Bonchev–Trinajstić information content (AvgIpc) is 2.39. The van der Waals surface area contributed by atoms with E-state index in [4.69, 9.17) is 0 Å². The third-order valence-electron chi connectivity index (χ3n) is 3.90. The van der Waals surface area contributed by atoms with Crippen molar-refractivity contribution in [2.75, 3.05) is 5.75 Å². The van der Waals surface area contributed by atoms with Crippen LogP contribution >= 0.6 is 11.8 Å². The summed E-state index contributed by atoms with van der Waals surface area (Å²) in [6.45, 7) is 6.96. The number of nitrogens with one attached hydrogen (secondary N) is 1. The fourth-order valence-corrected chi connectivity index (χ4v) is 3.82. The molecule has 3 unspecified atom stereocenters. The van der Waals surface area contributed by atoms with Gasteiger partial charge in [-0.3, -0.25) is 0 Å². The van der Waals surface area contributed by atoms with Crippen LogP contribution in [0.15, 0.2) is 29.2 Å². The lowest BCUT2D eigenvalue weighted by Gasteiger charge is -2.29. The highest BCUT2D eigenvalue weighted by Crippen LogP contribution is 2.36. The maximum Gasteiger partial charge on any atom is 0.0341 e. The lowest BCUT2D eigenvalue weighted by molar-refractivity contribution is 0.368. The van der Waals surface area contributed by atoms with Gasteiger partial charge in [-0.1, -0.05) is 38.5 Å². The van der Waals surface area contributed by atoms with E-state index in [1.807, 2.05) is 11.8 Å². The van der Waals surface area contributed by atoms with Crippen LogP contribution in [0.25, 0.3) is 0 Å². The van der Waals surface area contributed by atoms with Gasteiger partial charge in [0.15, 0.2) is 0 Å². The third-order valence-corrected chi connectivity index (χ3v) is 5.02. The fraction of sp³-hybridized carbons (Fsp3) is 0.625. The van der Waals surface area contributed by atoms with Gasteiger partial charge in [-0.2, -0.15) is 0 Å². The van der Waals surface area contributed by atoms with Crippen molar-refractivity contribution >= 4 is 11.8 Å². The first-order valence-electron chi connectivity index (χ1n) is 7.18. The maximum absolute atomic E-state index is 3.83. The summed E-state index contributed by atoms with van der Waals surface area (Å²) in [6.07, 6.45) is 3.82. The SMILES string of the molecule is CCC(C)CC(C)NC1CCSc2ccccc21. The summed E-state index contributed by atoms with van der Waals surface area (Å²) >= 11 is 2.00. The molecule has 1 aromatic carbocycles. The van der Waals surface area contributed by atoms with E-state index in [1.54, 1.807) is 0 Å². The van der Waals surface area contributed by atoms with Crippen molar-refractivity contribution in [2.24, 2.45) is 5.92 Å². The van der Waals surface area contributed by atoms with Crippen molar-refractivity contribution in [2.45, 2.75) is 57.0 Å². The molecule has 1 N–H and O–H groups in total. The topological polar surface area (TPSA) is 12.0 Å². The molecule has 3 atom stereocenters. The number of rotatable bonds is 5. The normalized spacial score (nSPS) is 22.3. The zero-order valence-corrected chi connectivity index (χ0v) is 12.6. The molecular formula is C16H25NS. The van der Waals surface area contributed by atoms with Gasteiger partial charge in [0.1, 0.15) is 0 Å². The molecule has 0 saturated heterocycles. The largest absolute Gasteiger partial charge is 0.307 e. The Morgan fingerprint density at radius 1 is 1.33 bits per heavy atom. The number of thioether (sulfide) groups is 1. The second-order valence-corrected chi connectivity index (χ2v) is 6.68. The van der Waals surface area contributed by atoms with Gasteiger partial charge in [0.05, 0.1) is 0 Å². The fourth-order valence-electron chi connectivity index (χ4n) is 2.70. The van der Waals surface area contributed by atoms with Gasteiger partial charge in [0, 0.05) is 17.0 Å². The molecule has 1 aromatic rings. The lowest BCUT2D eigenvalue weighted by atomic mass is 9.97. The predicted molar refractivity (Wildman–Crippen MR) is 81.2 cm³/mol. The van der Waals surface area contributed by atoms with Crippen molar-refractivity contribution in [1.82, 2.24) is 5.32 Å². The predicted octanol–water partition coefficient (Wildman–Crippen LogP) is 4.64. The minimum Gasteiger partial charge on any atom is -0.307 e. The van der Waals surface area contributed by atoms with Crippen molar-refractivity contribution < 1.29 is 0 Å². The quantitative estimate of drug-likeness (QED) is 0.830. The van der Waals surface area contributed by atoms with E-state index < -0.39 is 0 Å². The first kappa shape index (κ1) is 14.0. The highest BCUT2D eigenvalue weighted by atomic mass is 32.2. The molecule has 1 aliphatic rings. The van der Waals surface area contributed by atoms with E-state index in [0.29, 0.717) is 12.1 Å². The second kappa shape index (κ2) is 6.63. The summed E-state index contributed by atoms with van der Waals surface area (Å²) in [7, 11) is 0. The van der Waals surface area contributed by atoms with E-state index in [1.165, 1.54) is 35.5 Å². The van der Waals surface area contributed by atoms with Gasteiger partial charge in [0.2, 0.25) is 0 Å². The van der Waals surface area contributed by atoms with E-state index >= 15 is 0 Å². The Labute approximate surface area is 116 Å². The Balaban J connectivity index is 1.98. The second-order valence-electron chi connectivity index (χ2n) is 5.54. The van der Waals surface area contributed by atoms with Crippen molar-refractivity contribution in [3.63, 3.8) is 0 Å². The monoisotopic (exact) mass is 263 g/mol. The van der Waals surface area contributed by atoms with Gasteiger partial charge in [0.25, 0.3) is 0 Å². The molecule has 1 heterocycles. The molecule has 0 aliphatic carbocycles. The third kappa shape index (κ3) is 3.52. The number of fused-ring (bicyclic) bond motifs is 1. The van der Waals surface area contributed by atoms with Gasteiger partial charge in [-0.25, -0.2) is 0 Å². The Morgan fingerprint density at radius 3 is 2.89 bits per heavy atom. The van der Waals surface area contributed by atoms with E-state index in [9.17, 15) is 0 Å². The Bertz CT molecular complexity index is 377. The molecule has 100 valence electrons. The minimum atomic E-state index is 0.557. The molecule has 2 heteroatoms. The summed E-state index contributed by atoms with van der Waals surface area (Å²) in [5.74, 6) is 2.06. The summed E-state index contributed by atoms with van der Waals surface area (Å²) in [5.41, 5.74) is 1.50. The molecule has 0 aromatic heterocycles. The van der Waals surface area contributed by atoms with Crippen LogP contribution in [0.5, 0.6) is 0 Å². The number of hydrogen-bond donors (Lipinski definition) is 1. The summed E-state index contributed by atoms with van der Waals surface area (Å²) in [5, 5.41) is 3.83. The molecule has 0 fully saturated rings. The molecule has 1 aliphatic heterocycles. The number of hydrogen-bond acceptors (Lipinski definition) is 2. The first-order valence-corrected chi connectivity index (χ1v) is 8.17. The van der Waals surface area contributed by atoms with Gasteiger partial charge >= 0.3 is 0 Å². The summed E-state index contributed by atoms with van der Waals surface area (Å²) in [6, 6.07) is 10.0. The van der Waals surface area contributed by atoms with Crippen LogP contribution in [0.2, 0.25) is 0 Å². The highest BCUT2D eigenvalue weighted by molar-refractivity contribution is 7.99. The Kier molecular flexibility index (Phi) is 5.13. The number of benzene rings is 1. The average molecular weight is 263 g/mol. The van der Waals surface area contributed by atoms with Crippen LogP contribution in [0.4, 0.5) is 0 Å². The Morgan fingerprint density at radius 2 is 2.11 bits per heavy atom. The molecule has 2 rings (SSSR count). The van der Waals surface area contributed by atoms with Crippen molar-refractivity contribution in [1.29, 1.82) is 0 Å².